The summed E-state index contributed by atoms with van der Waals surface area (Å²) >= 11 is 0. The summed E-state index contributed by atoms with van der Waals surface area (Å²) in [6, 6.07) is 8.86. The summed E-state index contributed by atoms with van der Waals surface area (Å²) in [7, 11) is 3.49. The van der Waals surface area contributed by atoms with Gasteiger partial charge < -0.3 is 14.8 Å². The predicted molar refractivity (Wildman–Crippen MR) is 87.5 cm³/mol. The highest BCUT2D eigenvalue weighted by atomic mass is 16.5. The molecule has 1 rings (SSSR count). The van der Waals surface area contributed by atoms with Gasteiger partial charge in [0.2, 0.25) is 0 Å². The Morgan fingerprint density at radius 3 is 2.05 bits per heavy atom. The highest BCUT2D eigenvalue weighted by molar-refractivity contribution is 5.22. The number of ether oxygens (including phenoxy) is 2. The van der Waals surface area contributed by atoms with Crippen molar-refractivity contribution >= 4 is 0 Å². The van der Waals surface area contributed by atoms with Crippen molar-refractivity contribution in [3.05, 3.63) is 35.4 Å². The van der Waals surface area contributed by atoms with Crippen LogP contribution in [0.1, 0.15) is 24.5 Å². The topological polar surface area (TPSA) is 33.7 Å². The molecule has 4 heteroatoms. The van der Waals surface area contributed by atoms with Gasteiger partial charge in [0.1, 0.15) is 0 Å². The summed E-state index contributed by atoms with van der Waals surface area (Å²) < 4.78 is 10.3. The van der Waals surface area contributed by atoms with E-state index in [1.165, 1.54) is 17.5 Å². The van der Waals surface area contributed by atoms with Crippen LogP contribution in [0.4, 0.5) is 0 Å². The summed E-state index contributed by atoms with van der Waals surface area (Å²) in [5.41, 5.74) is 2.67. The van der Waals surface area contributed by atoms with E-state index in [0.29, 0.717) is 0 Å². The van der Waals surface area contributed by atoms with E-state index in [-0.39, 0.29) is 0 Å². The Labute approximate surface area is 129 Å². The maximum Gasteiger partial charge on any atom is 0.0589 e. The third kappa shape index (κ3) is 8.17. The molecule has 0 unspecified atom stereocenters. The summed E-state index contributed by atoms with van der Waals surface area (Å²) in [6.07, 6.45) is 1.17. The van der Waals surface area contributed by atoms with Crippen molar-refractivity contribution in [1.82, 2.24) is 10.2 Å². The van der Waals surface area contributed by atoms with Crippen molar-refractivity contribution in [2.24, 2.45) is 0 Å². The Balaban J connectivity index is 2.45. The molecule has 1 aromatic rings. The molecule has 0 fully saturated rings. The van der Waals surface area contributed by atoms with Gasteiger partial charge in [-0.1, -0.05) is 31.2 Å². The molecule has 1 N–H and O–H groups in total. The van der Waals surface area contributed by atoms with Crippen molar-refractivity contribution in [3.63, 3.8) is 0 Å². The van der Waals surface area contributed by atoms with Gasteiger partial charge in [-0.3, -0.25) is 4.90 Å². The summed E-state index contributed by atoms with van der Waals surface area (Å²) in [4.78, 5) is 2.36. The van der Waals surface area contributed by atoms with Crippen LogP contribution in [0.15, 0.2) is 24.3 Å². The van der Waals surface area contributed by atoms with Gasteiger partial charge in [0, 0.05) is 40.4 Å². The van der Waals surface area contributed by atoms with Gasteiger partial charge in [-0.15, -0.1) is 0 Å². The first kappa shape index (κ1) is 18.1. The Hall–Kier alpha value is -0.940. The lowest BCUT2D eigenvalue weighted by atomic mass is 10.1. The molecule has 0 aromatic heterocycles. The van der Waals surface area contributed by atoms with Crippen molar-refractivity contribution < 1.29 is 9.47 Å². The van der Waals surface area contributed by atoms with Gasteiger partial charge in [0.15, 0.2) is 0 Å². The molecule has 1 aromatic carbocycles. The number of benzene rings is 1. The molecular weight excluding hydrogens is 264 g/mol. The van der Waals surface area contributed by atoms with Crippen LogP contribution in [0, 0.1) is 0 Å². The van der Waals surface area contributed by atoms with E-state index < -0.39 is 0 Å². The zero-order valence-corrected chi connectivity index (χ0v) is 13.7. The van der Waals surface area contributed by atoms with Gasteiger partial charge in [0.25, 0.3) is 0 Å². The van der Waals surface area contributed by atoms with Crippen LogP contribution in [-0.2, 0) is 22.6 Å². The Kier molecular flexibility index (Phi) is 10.1. The third-order valence-electron chi connectivity index (χ3n) is 3.41. The first-order chi connectivity index (χ1) is 10.3. The molecule has 0 aliphatic carbocycles. The molecule has 0 spiro atoms. The molecular formula is C17H30N2O2. The Bertz CT molecular complexity index is 346. The highest BCUT2D eigenvalue weighted by Gasteiger charge is 2.05. The third-order valence-corrected chi connectivity index (χ3v) is 3.41. The van der Waals surface area contributed by atoms with E-state index >= 15 is 0 Å². The average Bonchev–Trinajstić information content (AvgIpc) is 2.52. The minimum absolute atomic E-state index is 0.753. The lowest BCUT2D eigenvalue weighted by Crippen LogP contribution is -2.30. The molecule has 0 aliphatic heterocycles. The van der Waals surface area contributed by atoms with Crippen LogP contribution in [0.2, 0.25) is 0 Å². The second kappa shape index (κ2) is 11.7. The SMILES string of the molecule is CCCNCc1ccc(CN(CCOC)CCOC)cc1. The van der Waals surface area contributed by atoms with Gasteiger partial charge in [-0.05, 0) is 24.1 Å². The minimum atomic E-state index is 0.753. The molecule has 0 saturated heterocycles. The first-order valence-electron chi connectivity index (χ1n) is 7.79. The normalized spacial score (nSPS) is 11.2. The Morgan fingerprint density at radius 1 is 0.952 bits per heavy atom. The fourth-order valence-corrected chi connectivity index (χ4v) is 2.14. The number of rotatable bonds is 12. The molecule has 0 amide bonds. The van der Waals surface area contributed by atoms with Gasteiger partial charge in [-0.2, -0.15) is 0 Å². The molecule has 0 atom stereocenters. The fraction of sp³-hybridized carbons (Fsp3) is 0.647. The molecule has 4 nitrogen and oxygen atoms in total. The summed E-state index contributed by atoms with van der Waals surface area (Å²) in [6.45, 7) is 8.51. The number of nitrogens with zero attached hydrogens (tertiary/aromatic N) is 1. The van der Waals surface area contributed by atoms with Crippen molar-refractivity contribution in [1.29, 1.82) is 0 Å². The maximum atomic E-state index is 5.17. The van der Waals surface area contributed by atoms with Gasteiger partial charge >= 0.3 is 0 Å². The standard InChI is InChI=1S/C17H30N2O2/c1-4-9-18-14-16-5-7-17(8-6-16)15-19(10-12-20-2)11-13-21-3/h5-8,18H,4,9-15H2,1-3H3. The van der Waals surface area contributed by atoms with Crippen LogP contribution < -0.4 is 5.32 Å². The quantitative estimate of drug-likeness (QED) is 0.600. The van der Waals surface area contributed by atoms with Crippen molar-refractivity contribution in [3.8, 4) is 0 Å². The van der Waals surface area contributed by atoms with Crippen LogP contribution >= 0.6 is 0 Å². The number of methoxy groups -OCH3 is 2. The number of nitrogens with one attached hydrogen (secondary N) is 1. The lowest BCUT2D eigenvalue weighted by molar-refractivity contribution is 0.110. The molecule has 0 bridgehead atoms. The molecule has 0 aliphatic rings. The second-order valence-corrected chi connectivity index (χ2v) is 5.26. The number of hydrogen-bond acceptors (Lipinski definition) is 4. The van der Waals surface area contributed by atoms with Crippen LogP contribution in [-0.4, -0.2) is 52.0 Å². The average molecular weight is 294 g/mol. The fourth-order valence-electron chi connectivity index (χ4n) is 2.14. The summed E-state index contributed by atoms with van der Waals surface area (Å²) in [5, 5.41) is 3.42. The molecule has 21 heavy (non-hydrogen) atoms. The van der Waals surface area contributed by atoms with E-state index in [1.54, 1.807) is 14.2 Å². The molecule has 0 radical (unpaired) electrons. The molecule has 120 valence electrons. The van der Waals surface area contributed by atoms with E-state index in [4.69, 9.17) is 9.47 Å². The second-order valence-electron chi connectivity index (χ2n) is 5.26. The van der Waals surface area contributed by atoms with Crippen LogP contribution in [0.3, 0.4) is 0 Å². The minimum Gasteiger partial charge on any atom is -0.383 e. The zero-order chi connectivity index (χ0) is 15.3. The van der Waals surface area contributed by atoms with Crippen LogP contribution in [0.25, 0.3) is 0 Å². The zero-order valence-electron chi connectivity index (χ0n) is 13.7. The smallest absolute Gasteiger partial charge is 0.0589 e. The number of hydrogen-bond donors (Lipinski definition) is 1. The van der Waals surface area contributed by atoms with Gasteiger partial charge in [0.05, 0.1) is 13.2 Å². The van der Waals surface area contributed by atoms with Gasteiger partial charge in [-0.25, -0.2) is 0 Å². The van der Waals surface area contributed by atoms with Crippen molar-refractivity contribution in [2.75, 3.05) is 47.1 Å². The lowest BCUT2D eigenvalue weighted by Gasteiger charge is -2.21. The first-order valence-corrected chi connectivity index (χ1v) is 7.79. The van der Waals surface area contributed by atoms with E-state index in [9.17, 15) is 0 Å². The molecule has 0 saturated carbocycles. The van der Waals surface area contributed by atoms with E-state index in [0.717, 1.165) is 45.9 Å². The molecule has 0 heterocycles. The van der Waals surface area contributed by atoms with Crippen LogP contribution in [0.5, 0.6) is 0 Å². The Morgan fingerprint density at radius 2 is 1.52 bits per heavy atom. The highest BCUT2D eigenvalue weighted by Crippen LogP contribution is 2.08. The van der Waals surface area contributed by atoms with E-state index in [1.807, 2.05) is 0 Å². The largest absolute Gasteiger partial charge is 0.383 e. The predicted octanol–water partition coefficient (Wildman–Crippen LogP) is 2.28. The van der Waals surface area contributed by atoms with E-state index in [2.05, 4.69) is 41.4 Å². The van der Waals surface area contributed by atoms with Crippen molar-refractivity contribution in [2.45, 2.75) is 26.4 Å². The maximum absolute atomic E-state index is 5.17. The monoisotopic (exact) mass is 294 g/mol. The summed E-state index contributed by atoms with van der Waals surface area (Å²) in [5.74, 6) is 0.